The number of carbonyl (C=O) groups excluding carboxylic acids is 3. The third kappa shape index (κ3) is 4.12. The fraction of sp³-hybridized carbons (Fsp3) is 0.158. The second-order valence-corrected chi connectivity index (χ2v) is 6.20. The molecule has 7 nitrogen and oxygen atoms in total. The van der Waals surface area contributed by atoms with Crippen LogP contribution in [0, 0.1) is 0 Å². The van der Waals surface area contributed by atoms with Crippen LogP contribution in [0.2, 0.25) is 0 Å². The summed E-state index contributed by atoms with van der Waals surface area (Å²) in [6.45, 7) is -0.0106. The topological polar surface area (TPSA) is 87.7 Å². The van der Waals surface area contributed by atoms with Gasteiger partial charge in [-0.3, -0.25) is 19.3 Å². The van der Waals surface area contributed by atoms with Crippen LogP contribution in [-0.2, 0) is 4.79 Å². The van der Waals surface area contributed by atoms with Crippen LogP contribution in [-0.4, -0.2) is 41.4 Å². The molecular weight excluding hydrogens is 366 g/mol. The molecule has 0 atom stereocenters. The number of hydrogen-bond acceptors (Lipinski definition) is 5. The number of rotatable bonds is 5. The van der Waals surface area contributed by atoms with Gasteiger partial charge in [-0.1, -0.05) is 12.1 Å². The smallest absolute Gasteiger partial charge is 0.261 e. The zero-order valence-electron chi connectivity index (χ0n) is 14.5. The molecule has 0 unspecified atom stereocenters. The van der Waals surface area contributed by atoms with Crippen molar-refractivity contribution in [1.82, 2.24) is 10.2 Å². The van der Waals surface area contributed by atoms with Gasteiger partial charge in [-0.15, -0.1) is 0 Å². The van der Waals surface area contributed by atoms with Crippen molar-refractivity contribution in [3.63, 3.8) is 0 Å². The molecule has 2 aromatic carbocycles. The lowest BCUT2D eigenvalue weighted by molar-refractivity contribution is -0.119. The number of nitrogens with zero attached hydrogens (tertiary/aromatic N) is 1. The summed E-state index contributed by atoms with van der Waals surface area (Å²) in [5.41, 5.74) is 1.42. The van der Waals surface area contributed by atoms with Gasteiger partial charge < -0.3 is 15.4 Å². The van der Waals surface area contributed by atoms with E-state index in [0.717, 1.165) is 4.90 Å². The Kier molecular flexibility index (Phi) is 5.46. The molecule has 138 valence electrons. The lowest BCUT2D eigenvalue weighted by Gasteiger charge is -2.14. The number of ether oxygens (including phenoxy) is 1. The molecule has 0 spiro atoms. The van der Waals surface area contributed by atoms with E-state index in [0.29, 0.717) is 22.6 Å². The van der Waals surface area contributed by atoms with Crippen molar-refractivity contribution >= 4 is 40.7 Å². The van der Waals surface area contributed by atoms with Crippen LogP contribution in [0.5, 0.6) is 5.75 Å². The standard InChI is InChI=1S/C19H17N3O4S/c1-26-13-8-6-12(7-9-13)20-19(27)21-16(23)10-11-22-17(24)14-4-2-3-5-15(14)18(22)25/h2-9H,10-11H2,1H3,(H2,20,21,23,27). The van der Waals surface area contributed by atoms with Crippen LogP contribution in [0.1, 0.15) is 27.1 Å². The average molecular weight is 383 g/mol. The molecule has 1 aliphatic rings. The molecule has 0 saturated carbocycles. The quantitative estimate of drug-likeness (QED) is 0.608. The summed E-state index contributed by atoms with van der Waals surface area (Å²) in [6, 6.07) is 13.6. The predicted molar refractivity (Wildman–Crippen MR) is 104 cm³/mol. The maximum absolute atomic E-state index is 12.3. The molecule has 1 aliphatic heterocycles. The van der Waals surface area contributed by atoms with Gasteiger partial charge in [0.25, 0.3) is 11.8 Å². The van der Waals surface area contributed by atoms with Gasteiger partial charge in [0, 0.05) is 18.7 Å². The Bertz CT molecular complexity index is 876. The Morgan fingerprint density at radius 1 is 1.04 bits per heavy atom. The first-order chi connectivity index (χ1) is 13.0. The molecule has 2 aromatic rings. The maximum atomic E-state index is 12.3. The van der Waals surface area contributed by atoms with Crippen LogP contribution < -0.4 is 15.4 Å². The Morgan fingerprint density at radius 3 is 2.19 bits per heavy atom. The molecule has 2 N–H and O–H groups in total. The zero-order chi connectivity index (χ0) is 19.4. The Balaban J connectivity index is 1.50. The predicted octanol–water partition coefficient (Wildman–Crippen LogP) is 2.19. The van der Waals surface area contributed by atoms with Crippen molar-refractivity contribution < 1.29 is 19.1 Å². The van der Waals surface area contributed by atoms with E-state index in [1.54, 1.807) is 55.6 Å². The highest BCUT2D eigenvalue weighted by Gasteiger charge is 2.34. The van der Waals surface area contributed by atoms with Crippen molar-refractivity contribution in [3.8, 4) is 5.75 Å². The first kappa shape index (κ1) is 18.5. The lowest BCUT2D eigenvalue weighted by Crippen LogP contribution is -2.38. The lowest BCUT2D eigenvalue weighted by atomic mass is 10.1. The number of nitrogens with one attached hydrogen (secondary N) is 2. The summed E-state index contributed by atoms with van der Waals surface area (Å²) in [5, 5.41) is 5.54. The van der Waals surface area contributed by atoms with Crippen LogP contribution in [0.15, 0.2) is 48.5 Å². The second kappa shape index (κ2) is 7.96. The Morgan fingerprint density at radius 2 is 1.63 bits per heavy atom. The van der Waals surface area contributed by atoms with Gasteiger partial charge in [0.2, 0.25) is 5.91 Å². The van der Waals surface area contributed by atoms with Gasteiger partial charge in [0.15, 0.2) is 5.11 Å². The summed E-state index contributed by atoms with van der Waals surface area (Å²) in [4.78, 5) is 37.7. The molecule has 3 rings (SSSR count). The van der Waals surface area contributed by atoms with E-state index in [9.17, 15) is 14.4 Å². The summed E-state index contributed by atoms with van der Waals surface area (Å²) in [5.74, 6) is -0.460. The van der Waals surface area contributed by atoms with Gasteiger partial charge in [0.1, 0.15) is 5.75 Å². The SMILES string of the molecule is COc1ccc(NC(=S)NC(=O)CCN2C(=O)c3ccccc3C2=O)cc1. The van der Waals surface area contributed by atoms with Gasteiger partial charge in [0.05, 0.1) is 18.2 Å². The first-order valence-electron chi connectivity index (χ1n) is 8.19. The van der Waals surface area contributed by atoms with E-state index >= 15 is 0 Å². The minimum Gasteiger partial charge on any atom is -0.497 e. The van der Waals surface area contributed by atoms with Crippen LogP contribution in [0.4, 0.5) is 5.69 Å². The van der Waals surface area contributed by atoms with Crippen LogP contribution in [0.3, 0.4) is 0 Å². The van der Waals surface area contributed by atoms with Crippen molar-refractivity contribution in [2.24, 2.45) is 0 Å². The van der Waals surface area contributed by atoms with E-state index in [4.69, 9.17) is 17.0 Å². The number of hydrogen-bond donors (Lipinski definition) is 2. The minimum absolute atomic E-state index is 0.0106. The van der Waals surface area contributed by atoms with Gasteiger partial charge in [-0.25, -0.2) is 0 Å². The van der Waals surface area contributed by atoms with Gasteiger partial charge >= 0.3 is 0 Å². The number of anilines is 1. The van der Waals surface area contributed by atoms with Gasteiger partial charge in [-0.05, 0) is 48.6 Å². The molecule has 0 aromatic heterocycles. The number of imide groups is 1. The number of fused-ring (bicyclic) bond motifs is 1. The molecule has 0 aliphatic carbocycles. The molecule has 0 radical (unpaired) electrons. The minimum atomic E-state index is -0.391. The molecular formula is C19H17N3O4S. The number of thiocarbonyl (C=S) groups is 1. The molecule has 27 heavy (non-hydrogen) atoms. The normalized spacial score (nSPS) is 12.6. The number of benzene rings is 2. The molecule has 8 heteroatoms. The summed E-state index contributed by atoms with van der Waals surface area (Å²) >= 11 is 5.10. The highest BCUT2D eigenvalue weighted by molar-refractivity contribution is 7.80. The molecule has 0 fully saturated rings. The van der Waals surface area contributed by atoms with Gasteiger partial charge in [-0.2, -0.15) is 0 Å². The third-order valence-electron chi connectivity index (χ3n) is 4.04. The van der Waals surface area contributed by atoms with Crippen LogP contribution in [0.25, 0.3) is 0 Å². The second-order valence-electron chi connectivity index (χ2n) is 5.79. The average Bonchev–Trinajstić information content (AvgIpc) is 2.91. The highest BCUT2D eigenvalue weighted by Crippen LogP contribution is 2.22. The van der Waals surface area contributed by atoms with E-state index in [-0.39, 0.29) is 29.9 Å². The van der Waals surface area contributed by atoms with Crippen molar-refractivity contribution in [1.29, 1.82) is 0 Å². The molecule has 1 heterocycles. The zero-order valence-corrected chi connectivity index (χ0v) is 15.3. The van der Waals surface area contributed by atoms with E-state index in [1.807, 2.05) is 0 Å². The molecule has 0 bridgehead atoms. The monoisotopic (exact) mass is 383 g/mol. The summed E-state index contributed by atoms with van der Waals surface area (Å²) < 4.78 is 5.07. The van der Waals surface area contributed by atoms with E-state index < -0.39 is 5.91 Å². The van der Waals surface area contributed by atoms with Crippen molar-refractivity contribution in [3.05, 3.63) is 59.7 Å². The number of methoxy groups -OCH3 is 1. The number of amides is 3. The first-order valence-corrected chi connectivity index (χ1v) is 8.60. The van der Waals surface area contributed by atoms with E-state index in [2.05, 4.69) is 10.6 Å². The molecule has 0 saturated heterocycles. The highest BCUT2D eigenvalue weighted by atomic mass is 32.1. The summed E-state index contributed by atoms with van der Waals surface area (Å²) in [7, 11) is 1.57. The Labute approximate surface area is 161 Å². The van der Waals surface area contributed by atoms with Crippen LogP contribution >= 0.6 is 12.2 Å². The van der Waals surface area contributed by atoms with E-state index in [1.165, 1.54) is 0 Å². The fourth-order valence-electron chi connectivity index (χ4n) is 2.68. The maximum Gasteiger partial charge on any atom is 0.261 e. The Hall–Kier alpha value is -3.26. The summed E-state index contributed by atoms with van der Waals surface area (Å²) in [6.07, 6.45) is -0.0457. The van der Waals surface area contributed by atoms with Crippen molar-refractivity contribution in [2.75, 3.05) is 19.0 Å². The van der Waals surface area contributed by atoms with Crippen molar-refractivity contribution in [2.45, 2.75) is 6.42 Å². The fourth-order valence-corrected chi connectivity index (χ4v) is 2.91. The molecule has 3 amide bonds. The largest absolute Gasteiger partial charge is 0.497 e. The number of carbonyl (C=O) groups is 3. The third-order valence-corrected chi connectivity index (χ3v) is 4.25.